The van der Waals surface area contributed by atoms with E-state index in [-0.39, 0.29) is 23.3 Å². The second kappa shape index (κ2) is 6.83. The van der Waals surface area contributed by atoms with Crippen LogP contribution in [-0.2, 0) is 12.6 Å². The molecule has 0 radical (unpaired) electrons. The highest BCUT2D eigenvalue weighted by atomic mass is 32.1. The van der Waals surface area contributed by atoms with Gasteiger partial charge in [-0.05, 0) is 35.4 Å². The smallest absolute Gasteiger partial charge is 0.298 e. The zero-order valence-electron chi connectivity index (χ0n) is 14.0. The summed E-state index contributed by atoms with van der Waals surface area (Å²) >= 11 is 1.26. The first-order valence-corrected chi connectivity index (χ1v) is 8.98. The minimum atomic E-state index is -4.67. The van der Waals surface area contributed by atoms with Gasteiger partial charge in [0.2, 0.25) is 0 Å². The molecule has 4 nitrogen and oxygen atoms in total. The average molecular weight is 405 g/mol. The molecule has 0 spiro atoms. The van der Waals surface area contributed by atoms with Crippen LogP contribution in [0, 0.1) is 5.82 Å². The Kier molecular flexibility index (Phi) is 4.46. The number of thiazole rings is 1. The van der Waals surface area contributed by atoms with Crippen molar-refractivity contribution in [2.75, 3.05) is 5.32 Å². The minimum Gasteiger partial charge on any atom is -0.298 e. The first-order valence-electron chi connectivity index (χ1n) is 8.10. The van der Waals surface area contributed by atoms with E-state index in [0.29, 0.717) is 22.4 Å². The summed E-state index contributed by atoms with van der Waals surface area (Å²) in [6, 6.07) is 7.29. The normalized spacial score (nSPS) is 13.2. The van der Waals surface area contributed by atoms with E-state index >= 15 is 0 Å². The van der Waals surface area contributed by atoms with Crippen LogP contribution in [0.5, 0.6) is 0 Å². The van der Waals surface area contributed by atoms with Crippen LogP contribution in [0.4, 0.5) is 28.4 Å². The number of nitrogens with zero attached hydrogens (tertiary/aromatic N) is 2. The van der Waals surface area contributed by atoms with E-state index in [2.05, 4.69) is 15.3 Å². The second-order valence-electron chi connectivity index (χ2n) is 6.07. The number of aromatic nitrogens is 1. The third-order valence-electron chi connectivity index (χ3n) is 4.18. The second-order valence-corrected chi connectivity index (χ2v) is 6.96. The molecule has 1 N–H and O–H groups in total. The monoisotopic (exact) mass is 405 g/mol. The van der Waals surface area contributed by atoms with Crippen molar-refractivity contribution >= 4 is 33.8 Å². The van der Waals surface area contributed by atoms with Crippen LogP contribution in [0.1, 0.15) is 27.0 Å². The number of para-hydroxylation sites is 1. The van der Waals surface area contributed by atoms with Crippen molar-refractivity contribution in [2.45, 2.75) is 12.6 Å². The number of amides is 1. The number of hydrogen-bond acceptors (Lipinski definition) is 4. The summed E-state index contributed by atoms with van der Waals surface area (Å²) in [5.41, 5.74) is 0.548. The van der Waals surface area contributed by atoms with Gasteiger partial charge in [0.25, 0.3) is 5.91 Å². The SMILES string of the molecule is O=C(Nc1nccs1)c1cccc2c1N=C(c1cc(F)cc(C(F)(F)F)c1)C2. The molecule has 0 saturated heterocycles. The molecule has 9 heteroatoms. The number of anilines is 1. The number of benzene rings is 2. The van der Waals surface area contributed by atoms with Crippen LogP contribution in [-0.4, -0.2) is 16.6 Å². The van der Waals surface area contributed by atoms with Gasteiger partial charge in [0.1, 0.15) is 5.82 Å². The zero-order chi connectivity index (χ0) is 19.9. The molecular weight excluding hydrogens is 394 g/mol. The van der Waals surface area contributed by atoms with E-state index in [1.807, 2.05) is 0 Å². The van der Waals surface area contributed by atoms with Crippen molar-refractivity contribution in [3.05, 3.63) is 76.0 Å². The van der Waals surface area contributed by atoms with Crippen molar-refractivity contribution in [1.82, 2.24) is 4.98 Å². The molecule has 0 unspecified atom stereocenters. The summed E-state index contributed by atoms with van der Waals surface area (Å²) in [5.74, 6) is -1.42. The maximum Gasteiger partial charge on any atom is 0.416 e. The Morgan fingerprint density at radius 2 is 2.00 bits per heavy atom. The fraction of sp³-hybridized carbons (Fsp3) is 0.105. The summed E-state index contributed by atoms with van der Waals surface area (Å²) in [4.78, 5) is 20.9. The first-order chi connectivity index (χ1) is 13.3. The lowest BCUT2D eigenvalue weighted by molar-refractivity contribution is -0.137. The first kappa shape index (κ1) is 18.3. The molecule has 0 atom stereocenters. The number of alkyl halides is 3. The van der Waals surface area contributed by atoms with Crippen molar-refractivity contribution in [1.29, 1.82) is 0 Å². The molecule has 0 fully saturated rings. The van der Waals surface area contributed by atoms with E-state index in [0.717, 1.165) is 12.1 Å². The van der Waals surface area contributed by atoms with Crippen LogP contribution < -0.4 is 5.32 Å². The molecule has 4 rings (SSSR count). The van der Waals surface area contributed by atoms with Crippen LogP contribution >= 0.6 is 11.3 Å². The lowest BCUT2D eigenvalue weighted by Gasteiger charge is -2.09. The van der Waals surface area contributed by atoms with Gasteiger partial charge >= 0.3 is 6.18 Å². The van der Waals surface area contributed by atoms with Crippen molar-refractivity contribution in [2.24, 2.45) is 4.99 Å². The number of rotatable bonds is 3. The van der Waals surface area contributed by atoms with Gasteiger partial charge in [-0.1, -0.05) is 12.1 Å². The summed E-state index contributed by atoms with van der Waals surface area (Å²) in [7, 11) is 0. The van der Waals surface area contributed by atoms with Crippen LogP contribution in [0.25, 0.3) is 0 Å². The summed E-state index contributed by atoms with van der Waals surface area (Å²) < 4.78 is 52.7. The standard InChI is InChI=1S/C19H11F4N3OS/c20-13-7-11(6-12(9-13)19(21,22)23)15-8-10-2-1-3-14(16(10)25-15)17(27)26-18-24-4-5-28-18/h1-7,9H,8H2,(H,24,26,27). The molecule has 1 amide bonds. The third kappa shape index (κ3) is 3.53. The third-order valence-corrected chi connectivity index (χ3v) is 4.87. The largest absolute Gasteiger partial charge is 0.416 e. The highest BCUT2D eigenvalue weighted by molar-refractivity contribution is 7.13. The highest BCUT2D eigenvalue weighted by Crippen LogP contribution is 2.35. The molecule has 28 heavy (non-hydrogen) atoms. The van der Waals surface area contributed by atoms with Gasteiger partial charge in [0, 0.05) is 18.0 Å². The Bertz CT molecular complexity index is 1090. The molecule has 142 valence electrons. The maximum absolute atomic E-state index is 13.7. The molecular formula is C19H11F4N3OS. The summed E-state index contributed by atoms with van der Waals surface area (Å²) in [6.45, 7) is 0. The van der Waals surface area contributed by atoms with E-state index in [1.54, 1.807) is 29.8 Å². The number of nitrogens with one attached hydrogen (secondary N) is 1. The number of halogens is 4. The molecule has 0 bridgehead atoms. The Morgan fingerprint density at radius 3 is 2.71 bits per heavy atom. The van der Waals surface area contributed by atoms with Gasteiger partial charge in [0.15, 0.2) is 5.13 Å². The fourth-order valence-corrected chi connectivity index (χ4v) is 3.46. The topological polar surface area (TPSA) is 54.4 Å². The van der Waals surface area contributed by atoms with Crippen molar-refractivity contribution < 1.29 is 22.4 Å². The Hall–Kier alpha value is -3.07. The number of hydrogen-bond donors (Lipinski definition) is 1. The molecule has 3 aromatic rings. The molecule has 1 aromatic heterocycles. The predicted molar refractivity (Wildman–Crippen MR) is 97.8 cm³/mol. The zero-order valence-corrected chi connectivity index (χ0v) is 14.9. The van der Waals surface area contributed by atoms with Gasteiger partial charge in [-0.2, -0.15) is 13.2 Å². The molecule has 1 aliphatic rings. The molecule has 0 aliphatic carbocycles. The van der Waals surface area contributed by atoms with Gasteiger partial charge in [-0.3, -0.25) is 15.1 Å². The summed E-state index contributed by atoms with van der Waals surface area (Å²) in [5, 5.41) is 4.78. The van der Waals surface area contributed by atoms with E-state index in [1.165, 1.54) is 11.3 Å². The van der Waals surface area contributed by atoms with Gasteiger partial charge in [-0.15, -0.1) is 11.3 Å². The Morgan fingerprint density at radius 1 is 1.18 bits per heavy atom. The molecule has 2 aromatic carbocycles. The van der Waals surface area contributed by atoms with Crippen LogP contribution in [0.15, 0.2) is 53.0 Å². The minimum absolute atomic E-state index is 0.0369. The summed E-state index contributed by atoms with van der Waals surface area (Å²) in [6.07, 6.45) is -2.91. The van der Waals surface area contributed by atoms with Crippen molar-refractivity contribution in [3.63, 3.8) is 0 Å². The lowest BCUT2D eigenvalue weighted by Crippen LogP contribution is -2.11. The molecule has 2 heterocycles. The van der Waals surface area contributed by atoms with E-state index < -0.39 is 23.5 Å². The highest BCUT2D eigenvalue weighted by Gasteiger charge is 2.32. The number of fused-ring (bicyclic) bond motifs is 1. The molecule has 1 aliphatic heterocycles. The number of carbonyl (C=O) groups excluding carboxylic acids is 1. The van der Waals surface area contributed by atoms with Crippen molar-refractivity contribution in [3.8, 4) is 0 Å². The lowest BCUT2D eigenvalue weighted by atomic mass is 10.0. The van der Waals surface area contributed by atoms with E-state index in [9.17, 15) is 22.4 Å². The van der Waals surface area contributed by atoms with Gasteiger partial charge in [0.05, 0.1) is 22.5 Å². The quantitative estimate of drug-likeness (QED) is 0.607. The number of aliphatic imine (C=N–C) groups is 1. The van der Waals surface area contributed by atoms with E-state index in [4.69, 9.17) is 0 Å². The number of carbonyl (C=O) groups is 1. The fourth-order valence-electron chi connectivity index (χ4n) is 2.94. The molecule has 0 saturated carbocycles. The van der Waals surface area contributed by atoms with Crippen LogP contribution in [0.3, 0.4) is 0 Å². The maximum atomic E-state index is 13.7. The Labute approximate surface area is 160 Å². The predicted octanol–water partition coefficient (Wildman–Crippen LogP) is 5.23. The van der Waals surface area contributed by atoms with Gasteiger partial charge < -0.3 is 0 Å². The van der Waals surface area contributed by atoms with Crippen LogP contribution in [0.2, 0.25) is 0 Å². The average Bonchev–Trinajstić information content (AvgIpc) is 3.29. The van der Waals surface area contributed by atoms with Gasteiger partial charge in [-0.25, -0.2) is 9.37 Å². The Balaban J connectivity index is 1.70.